The van der Waals surface area contributed by atoms with Gasteiger partial charge in [-0.05, 0) is 42.1 Å². The highest BCUT2D eigenvalue weighted by Crippen LogP contribution is 2.46. The van der Waals surface area contributed by atoms with Gasteiger partial charge in [-0.15, -0.1) is 0 Å². The zero-order valence-electron chi connectivity index (χ0n) is 15.2. The van der Waals surface area contributed by atoms with Crippen LogP contribution in [0.5, 0.6) is 0 Å². The number of rotatable bonds is 8. The van der Waals surface area contributed by atoms with Gasteiger partial charge >= 0.3 is 6.18 Å². The van der Waals surface area contributed by atoms with Gasteiger partial charge in [-0.25, -0.2) is 0 Å². The summed E-state index contributed by atoms with van der Waals surface area (Å²) in [4.78, 5) is 12.0. The summed E-state index contributed by atoms with van der Waals surface area (Å²) < 4.78 is 43.1. The molecule has 2 aromatic heterocycles. The quantitative estimate of drug-likeness (QED) is 0.571. The van der Waals surface area contributed by atoms with Crippen molar-refractivity contribution >= 4 is 33.4 Å². The summed E-state index contributed by atoms with van der Waals surface area (Å²) in [6, 6.07) is 0. The molecular formula is C17H20BrClF3N5O. The van der Waals surface area contributed by atoms with Crippen LogP contribution in [0.2, 0.25) is 5.02 Å². The third-order valence-electron chi connectivity index (χ3n) is 4.49. The van der Waals surface area contributed by atoms with Gasteiger partial charge in [0.2, 0.25) is 5.91 Å². The predicted molar refractivity (Wildman–Crippen MR) is 101 cm³/mol. The summed E-state index contributed by atoms with van der Waals surface area (Å²) in [5, 5.41) is 10.4. The number of hydrogen-bond acceptors (Lipinski definition) is 3. The third kappa shape index (κ3) is 5.08. The summed E-state index contributed by atoms with van der Waals surface area (Å²) >= 11 is 9.31. The van der Waals surface area contributed by atoms with E-state index in [-0.39, 0.29) is 29.8 Å². The molecule has 154 valence electrons. The molecule has 0 atom stereocenters. The van der Waals surface area contributed by atoms with Crippen molar-refractivity contribution in [3.63, 3.8) is 0 Å². The number of nitrogens with zero attached hydrogens (tertiary/aromatic N) is 4. The van der Waals surface area contributed by atoms with E-state index in [1.54, 1.807) is 4.68 Å². The van der Waals surface area contributed by atoms with Crippen LogP contribution < -0.4 is 5.32 Å². The Balaban J connectivity index is 1.49. The second kappa shape index (κ2) is 8.44. The molecule has 0 aliphatic heterocycles. The number of halogens is 5. The van der Waals surface area contributed by atoms with Crippen molar-refractivity contribution in [3.05, 3.63) is 32.8 Å². The number of nitrogens with one attached hydrogen (secondary N) is 1. The van der Waals surface area contributed by atoms with Gasteiger partial charge in [0, 0.05) is 31.6 Å². The maximum atomic E-state index is 13.0. The van der Waals surface area contributed by atoms with E-state index in [2.05, 4.69) is 31.4 Å². The Bertz CT molecular complexity index is 840. The van der Waals surface area contributed by atoms with Crippen molar-refractivity contribution in [2.75, 3.05) is 6.54 Å². The molecule has 3 rings (SSSR count). The van der Waals surface area contributed by atoms with Crippen LogP contribution in [-0.2, 0) is 24.1 Å². The zero-order chi connectivity index (χ0) is 20.5. The van der Waals surface area contributed by atoms with Crippen LogP contribution in [-0.4, -0.2) is 32.0 Å². The molecule has 1 saturated carbocycles. The number of aromatic nitrogens is 4. The molecule has 1 fully saturated rings. The SMILES string of the molecule is Cc1nn(CCCNC(=O)CCn2nc(C(F)(F)F)c(Cl)c2C2CC2)cc1Br. The maximum Gasteiger partial charge on any atom is 0.436 e. The third-order valence-corrected chi connectivity index (χ3v) is 5.64. The number of amides is 1. The highest BCUT2D eigenvalue weighted by Gasteiger charge is 2.41. The van der Waals surface area contributed by atoms with E-state index in [4.69, 9.17) is 11.6 Å². The molecule has 0 unspecified atom stereocenters. The number of aryl methyl sites for hydroxylation is 3. The predicted octanol–water partition coefficient (Wildman–Crippen LogP) is 4.30. The number of alkyl halides is 3. The lowest BCUT2D eigenvalue weighted by atomic mass is 10.2. The molecule has 2 aromatic rings. The normalized spacial score (nSPS) is 14.5. The molecule has 0 spiro atoms. The van der Waals surface area contributed by atoms with Gasteiger partial charge in [0.05, 0.1) is 27.4 Å². The van der Waals surface area contributed by atoms with Crippen molar-refractivity contribution < 1.29 is 18.0 Å². The smallest absolute Gasteiger partial charge is 0.356 e. The minimum atomic E-state index is -4.60. The minimum absolute atomic E-state index is 0.00369. The molecule has 2 heterocycles. The van der Waals surface area contributed by atoms with Crippen LogP contribution in [0.4, 0.5) is 13.2 Å². The average Bonchev–Trinajstić information content (AvgIpc) is 3.31. The van der Waals surface area contributed by atoms with Crippen molar-refractivity contribution in [1.82, 2.24) is 24.9 Å². The van der Waals surface area contributed by atoms with Gasteiger partial charge in [-0.3, -0.25) is 14.2 Å². The molecule has 28 heavy (non-hydrogen) atoms. The van der Waals surface area contributed by atoms with Gasteiger partial charge in [-0.2, -0.15) is 23.4 Å². The average molecular weight is 483 g/mol. The Morgan fingerprint density at radius 1 is 1.36 bits per heavy atom. The Hall–Kier alpha value is -1.55. The number of carbonyl (C=O) groups excluding carboxylic acids is 1. The fourth-order valence-electron chi connectivity index (χ4n) is 2.92. The van der Waals surface area contributed by atoms with Crippen molar-refractivity contribution in [1.29, 1.82) is 0 Å². The Morgan fingerprint density at radius 3 is 2.64 bits per heavy atom. The van der Waals surface area contributed by atoms with E-state index in [1.807, 2.05) is 13.1 Å². The second-order valence-corrected chi connectivity index (χ2v) is 8.05. The first-order valence-electron chi connectivity index (χ1n) is 8.96. The first-order valence-corrected chi connectivity index (χ1v) is 10.1. The van der Waals surface area contributed by atoms with Gasteiger partial charge in [0.15, 0.2) is 5.69 Å². The lowest BCUT2D eigenvalue weighted by molar-refractivity contribution is -0.141. The fraction of sp³-hybridized carbons (Fsp3) is 0.588. The Morgan fingerprint density at radius 2 is 2.07 bits per heavy atom. The number of hydrogen-bond donors (Lipinski definition) is 1. The molecule has 0 bridgehead atoms. The van der Waals surface area contributed by atoms with Gasteiger partial charge in [0.25, 0.3) is 0 Å². The second-order valence-electron chi connectivity index (χ2n) is 6.82. The maximum absolute atomic E-state index is 13.0. The van der Waals surface area contributed by atoms with Crippen molar-refractivity contribution in [2.45, 2.75) is 57.8 Å². The Kier molecular flexibility index (Phi) is 6.38. The van der Waals surface area contributed by atoms with E-state index < -0.39 is 11.9 Å². The van der Waals surface area contributed by atoms with Crippen LogP contribution in [0.25, 0.3) is 0 Å². The van der Waals surface area contributed by atoms with Gasteiger partial charge < -0.3 is 5.32 Å². The molecule has 6 nitrogen and oxygen atoms in total. The van der Waals surface area contributed by atoms with E-state index in [9.17, 15) is 18.0 Å². The standard InChI is InChI=1S/C17H20BrClF3N5O/c1-10-12(18)9-26(24-10)7-2-6-23-13(28)5-8-27-15(11-3-4-11)14(19)16(25-27)17(20,21)22/h9,11H,2-8H2,1H3,(H,23,28). The van der Waals surface area contributed by atoms with Crippen molar-refractivity contribution in [2.24, 2.45) is 0 Å². The number of carbonyl (C=O) groups is 1. The van der Waals surface area contributed by atoms with Crippen LogP contribution in [0.15, 0.2) is 10.7 Å². The molecule has 1 N–H and O–H groups in total. The molecule has 1 aliphatic carbocycles. The van der Waals surface area contributed by atoms with E-state index >= 15 is 0 Å². The van der Waals surface area contributed by atoms with Crippen LogP contribution >= 0.6 is 27.5 Å². The van der Waals surface area contributed by atoms with E-state index in [0.29, 0.717) is 25.2 Å². The van der Waals surface area contributed by atoms with Crippen LogP contribution in [0.1, 0.15) is 48.7 Å². The van der Waals surface area contributed by atoms with Crippen molar-refractivity contribution in [3.8, 4) is 0 Å². The molecule has 11 heteroatoms. The largest absolute Gasteiger partial charge is 0.436 e. The first kappa shape index (κ1) is 21.2. The Labute approximate surface area is 173 Å². The van der Waals surface area contributed by atoms with Gasteiger partial charge in [-0.1, -0.05) is 11.6 Å². The molecule has 1 amide bonds. The lowest BCUT2D eigenvalue weighted by Gasteiger charge is -2.08. The summed E-state index contributed by atoms with van der Waals surface area (Å²) in [5.74, 6) is -0.240. The summed E-state index contributed by atoms with van der Waals surface area (Å²) in [5.41, 5.74) is 0.213. The molecule has 0 aromatic carbocycles. The summed E-state index contributed by atoms with van der Waals surface area (Å²) in [6.07, 6.45) is -0.417. The molecule has 0 radical (unpaired) electrons. The molecule has 0 saturated heterocycles. The minimum Gasteiger partial charge on any atom is -0.356 e. The van der Waals surface area contributed by atoms with E-state index in [0.717, 1.165) is 23.0 Å². The van der Waals surface area contributed by atoms with Crippen LogP contribution in [0.3, 0.4) is 0 Å². The fourth-order valence-corrected chi connectivity index (χ4v) is 3.64. The highest BCUT2D eigenvalue weighted by molar-refractivity contribution is 9.10. The summed E-state index contributed by atoms with van der Waals surface area (Å²) in [7, 11) is 0. The molecular weight excluding hydrogens is 463 g/mol. The summed E-state index contributed by atoms with van der Waals surface area (Å²) in [6.45, 7) is 3.07. The monoisotopic (exact) mass is 481 g/mol. The van der Waals surface area contributed by atoms with E-state index in [1.165, 1.54) is 4.68 Å². The highest BCUT2D eigenvalue weighted by atomic mass is 79.9. The van der Waals surface area contributed by atoms with Crippen LogP contribution in [0, 0.1) is 6.92 Å². The lowest BCUT2D eigenvalue weighted by Crippen LogP contribution is -2.26. The zero-order valence-corrected chi connectivity index (χ0v) is 17.5. The van der Waals surface area contributed by atoms with Gasteiger partial charge in [0.1, 0.15) is 0 Å². The first-order chi connectivity index (χ1) is 13.2. The molecule has 1 aliphatic rings. The topological polar surface area (TPSA) is 64.7 Å².